The number of aromatic nitrogens is 1. The monoisotopic (exact) mass is 469 g/mol. The maximum Gasteiger partial charge on any atom is 0.344 e. The number of fused-ring (bicyclic) bond motifs is 6. The predicted octanol–water partition coefficient (Wildman–Crippen LogP) is 7.41. The topological polar surface area (TPSA) is 59.9 Å². The van der Waals surface area contributed by atoms with E-state index in [2.05, 4.69) is 23.2 Å². The van der Waals surface area contributed by atoms with Gasteiger partial charge in [0.2, 0.25) is 5.96 Å². The minimum Gasteiger partial charge on any atom is -0.422 e. The fourth-order valence-electron chi connectivity index (χ4n) is 4.82. The van der Waals surface area contributed by atoms with Crippen molar-refractivity contribution in [2.75, 3.05) is 0 Å². The Labute approximate surface area is 207 Å². The normalized spacial score (nSPS) is 13.1. The lowest BCUT2D eigenvalue weighted by molar-refractivity contribution is 0.570. The van der Waals surface area contributed by atoms with Gasteiger partial charge < -0.3 is 4.42 Å². The third-order valence-corrected chi connectivity index (χ3v) is 6.42. The van der Waals surface area contributed by atoms with Gasteiger partial charge in [0.1, 0.15) is 5.58 Å². The Morgan fingerprint density at radius 3 is 2.25 bits per heavy atom. The van der Waals surface area contributed by atoms with Crippen molar-refractivity contribution in [3.63, 3.8) is 0 Å². The second-order valence-corrected chi connectivity index (χ2v) is 8.49. The zero-order chi connectivity index (χ0) is 24.6. The third kappa shape index (κ3) is 3.45. The van der Waals surface area contributed by atoms with Crippen molar-refractivity contribution in [3.8, 4) is 0 Å². The number of benzene rings is 4. The summed E-state index contributed by atoms with van der Waals surface area (Å²) in [5, 5.41) is 4.39. The predicted molar refractivity (Wildman–Crippen MR) is 150 cm³/mol. The number of aliphatic imine (C=N–C) groups is 2. The highest BCUT2D eigenvalue weighted by atomic mass is 16.4. The lowest BCUT2D eigenvalue weighted by atomic mass is 10.0. The lowest BCUT2D eigenvalue weighted by Crippen LogP contribution is -2.10. The Hall–Kier alpha value is -4.77. The first kappa shape index (κ1) is 21.7. The number of hydrogen-bond acceptors (Lipinski definition) is 3. The zero-order valence-corrected chi connectivity index (χ0v) is 20.0. The van der Waals surface area contributed by atoms with Gasteiger partial charge in [-0.05, 0) is 43.7 Å². The lowest BCUT2D eigenvalue weighted by Gasteiger charge is -2.10. The van der Waals surface area contributed by atoms with E-state index < -0.39 is 0 Å². The van der Waals surface area contributed by atoms with Crippen LogP contribution in [0.25, 0.3) is 49.2 Å². The molecule has 6 rings (SSSR count). The zero-order valence-electron chi connectivity index (χ0n) is 20.0. The largest absolute Gasteiger partial charge is 0.422 e. The van der Waals surface area contributed by atoms with E-state index in [0.29, 0.717) is 16.9 Å². The molecule has 2 aromatic heterocycles. The Morgan fingerprint density at radius 1 is 0.750 bits per heavy atom. The van der Waals surface area contributed by atoms with Crippen LogP contribution in [0.1, 0.15) is 19.4 Å². The fourth-order valence-corrected chi connectivity index (χ4v) is 4.82. The highest BCUT2D eigenvalue weighted by Crippen LogP contribution is 2.34. The van der Waals surface area contributed by atoms with Crippen LogP contribution in [0.4, 0.5) is 0 Å². The van der Waals surface area contributed by atoms with Crippen LogP contribution < -0.4 is 5.63 Å². The van der Waals surface area contributed by atoms with Crippen LogP contribution in [0.5, 0.6) is 0 Å². The summed E-state index contributed by atoms with van der Waals surface area (Å²) in [6, 6.07) is 29.8. The number of para-hydroxylation sites is 2. The highest BCUT2D eigenvalue weighted by Gasteiger charge is 2.18. The maximum atomic E-state index is 13.0. The first-order valence-electron chi connectivity index (χ1n) is 11.9. The van der Waals surface area contributed by atoms with Crippen LogP contribution in [0, 0.1) is 0 Å². The van der Waals surface area contributed by atoms with Gasteiger partial charge in [-0.3, -0.25) is 4.57 Å². The molecule has 0 atom stereocenters. The molecule has 0 aliphatic rings. The molecular weight excluding hydrogens is 446 g/mol. The molecular formula is C31H23N3O2. The van der Waals surface area contributed by atoms with Crippen molar-refractivity contribution in [2.45, 2.75) is 13.8 Å². The second kappa shape index (κ2) is 8.78. The Bertz CT molecular complexity index is 1920. The SMILES string of the molecule is C\C=C(/N=C(\N=C\C)n1c2ccccc2c2cc3c(cc21)c(=O)oc1ccccc13)c1ccccc1. The van der Waals surface area contributed by atoms with Gasteiger partial charge in [-0.25, -0.2) is 14.8 Å². The summed E-state index contributed by atoms with van der Waals surface area (Å²) < 4.78 is 7.67. The molecule has 0 N–H and O–H groups in total. The fraction of sp³-hybridized carbons (Fsp3) is 0.0645. The van der Waals surface area contributed by atoms with Crippen LogP contribution in [0.3, 0.4) is 0 Å². The summed E-state index contributed by atoms with van der Waals surface area (Å²) >= 11 is 0. The van der Waals surface area contributed by atoms with Crippen molar-refractivity contribution in [2.24, 2.45) is 9.98 Å². The Morgan fingerprint density at radius 2 is 1.47 bits per heavy atom. The first-order valence-corrected chi connectivity index (χ1v) is 11.9. The van der Waals surface area contributed by atoms with Gasteiger partial charge in [-0.15, -0.1) is 0 Å². The molecule has 6 aromatic rings. The molecule has 4 aromatic carbocycles. The van der Waals surface area contributed by atoms with Gasteiger partial charge >= 0.3 is 5.63 Å². The molecule has 0 radical (unpaired) electrons. The summed E-state index contributed by atoms with van der Waals surface area (Å²) in [5.41, 5.74) is 3.84. The third-order valence-electron chi connectivity index (χ3n) is 6.42. The molecule has 0 aliphatic carbocycles. The smallest absolute Gasteiger partial charge is 0.344 e. The quantitative estimate of drug-likeness (QED) is 0.115. The molecule has 0 bridgehead atoms. The molecule has 0 saturated carbocycles. The average molecular weight is 470 g/mol. The summed E-state index contributed by atoms with van der Waals surface area (Å²) in [6.07, 6.45) is 3.71. The second-order valence-electron chi connectivity index (χ2n) is 8.49. The van der Waals surface area contributed by atoms with Crippen LogP contribution in [0.2, 0.25) is 0 Å². The highest BCUT2D eigenvalue weighted by molar-refractivity contribution is 6.20. The van der Waals surface area contributed by atoms with Gasteiger partial charge in [-0.2, -0.15) is 0 Å². The van der Waals surface area contributed by atoms with Crippen LogP contribution in [-0.4, -0.2) is 16.7 Å². The summed E-state index contributed by atoms with van der Waals surface area (Å²) in [6.45, 7) is 3.84. The molecule has 0 fully saturated rings. The summed E-state index contributed by atoms with van der Waals surface area (Å²) in [4.78, 5) is 22.7. The maximum absolute atomic E-state index is 13.0. The average Bonchev–Trinajstić information content (AvgIpc) is 3.24. The van der Waals surface area contributed by atoms with Gasteiger partial charge in [0.25, 0.3) is 0 Å². The summed E-state index contributed by atoms with van der Waals surface area (Å²) in [7, 11) is 0. The van der Waals surface area contributed by atoms with Crippen LogP contribution in [-0.2, 0) is 0 Å². The van der Waals surface area contributed by atoms with Crippen molar-refractivity contribution in [1.29, 1.82) is 0 Å². The molecule has 2 heterocycles. The molecule has 0 saturated heterocycles. The number of hydrogen-bond donors (Lipinski definition) is 0. The molecule has 174 valence electrons. The Kier molecular flexibility index (Phi) is 5.30. The molecule has 0 spiro atoms. The first-order chi connectivity index (χ1) is 17.7. The van der Waals surface area contributed by atoms with E-state index in [1.807, 2.05) is 97.3 Å². The molecule has 36 heavy (non-hydrogen) atoms. The van der Waals surface area contributed by atoms with Gasteiger partial charge in [0, 0.05) is 27.8 Å². The van der Waals surface area contributed by atoms with Crippen LogP contribution >= 0.6 is 0 Å². The van der Waals surface area contributed by atoms with E-state index >= 15 is 0 Å². The van der Waals surface area contributed by atoms with E-state index in [9.17, 15) is 4.79 Å². The number of allylic oxidation sites excluding steroid dienone is 1. The van der Waals surface area contributed by atoms with E-state index in [4.69, 9.17) is 9.41 Å². The molecule has 0 amide bonds. The molecule has 0 aliphatic heterocycles. The Balaban J connectivity index is 1.73. The van der Waals surface area contributed by atoms with Crippen molar-refractivity contribution >= 4 is 61.4 Å². The molecule has 5 nitrogen and oxygen atoms in total. The number of nitrogens with zero attached hydrogens (tertiary/aromatic N) is 3. The van der Waals surface area contributed by atoms with Crippen molar-refractivity contribution in [3.05, 3.63) is 113 Å². The van der Waals surface area contributed by atoms with Gasteiger partial charge in [0.15, 0.2) is 0 Å². The summed E-state index contributed by atoms with van der Waals surface area (Å²) in [5.74, 6) is 0.519. The van der Waals surface area contributed by atoms with E-state index in [1.54, 1.807) is 6.21 Å². The van der Waals surface area contributed by atoms with E-state index in [0.717, 1.165) is 43.8 Å². The van der Waals surface area contributed by atoms with Crippen LogP contribution in [0.15, 0.2) is 116 Å². The minimum absolute atomic E-state index is 0.363. The minimum atomic E-state index is -0.363. The van der Waals surface area contributed by atoms with Crippen molar-refractivity contribution < 1.29 is 4.42 Å². The molecule has 5 heteroatoms. The van der Waals surface area contributed by atoms with Gasteiger partial charge in [-0.1, -0.05) is 72.8 Å². The van der Waals surface area contributed by atoms with E-state index in [1.165, 1.54) is 0 Å². The van der Waals surface area contributed by atoms with Crippen molar-refractivity contribution in [1.82, 2.24) is 4.57 Å². The molecule has 0 unspecified atom stereocenters. The van der Waals surface area contributed by atoms with Gasteiger partial charge in [0.05, 0.1) is 22.1 Å². The standard InChI is InChI=1S/C31H23N3O2/c1-3-26(20-12-6-5-7-13-20)33-31(32-4-2)34-27-16-10-8-14-21(27)24-18-23-22-15-9-11-17-29(22)36-30(35)25(23)19-28(24)34/h3-19H,1-2H3/b26-3-,32-4+,33-31+. The number of rotatable bonds is 2. The van der Waals surface area contributed by atoms with E-state index in [-0.39, 0.29) is 5.63 Å².